The zero-order chi connectivity index (χ0) is 26.0. The molecule has 186 valence electrons. The van der Waals surface area contributed by atoms with Crippen LogP contribution in [0.5, 0.6) is 17.2 Å². The molecule has 0 fully saturated rings. The highest BCUT2D eigenvalue weighted by Crippen LogP contribution is 2.43. The van der Waals surface area contributed by atoms with Gasteiger partial charge < -0.3 is 18.9 Å². The summed E-state index contributed by atoms with van der Waals surface area (Å²) in [5, 5.41) is 0. The van der Waals surface area contributed by atoms with Gasteiger partial charge in [0.05, 0.1) is 31.8 Å². The number of esters is 1. The summed E-state index contributed by atoms with van der Waals surface area (Å²) in [6.07, 6.45) is 2.75. The first-order valence-corrected chi connectivity index (χ1v) is 12.6. The second-order valence-electron chi connectivity index (χ2n) is 7.91. The van der Waals surface area contributed by atoms with Gasteiger partial charge in [-0.1, -0.05) is 24.3 Å². The molecule has 1 heterocycles. The molecule has 0 spiro atoms. The monoisotopic (exact) mass is 510 g/mol. The van der Waals surface area contributed by atoms with Gasteiger partial charge in [-0.3, -0.25) is 0 Å². The smallest absolute Gasteiger partial charge is 0.344 e. The van der Waals surface area contributed by atoms with E-state index in [0.29, 0.717) is 39.5 Å². The first-order valence-electron chi connectivity index (χ1n) is 10.7. The molecule has 1 aliphatic heterocycles. The molecule has 0 saturated carbocycles. The van der Waals surface area contributed by atoms with Crippen molar-refractivity contribution in [2.45, 2.75) is 4.90 Å². The summed E-state index contributed by atoms with van der Waals surface area (Å²) in [5.41, 5.74) is 2.25. The van der Waals surface area contributed by atoms with Crippen LogP contribution in [0.2, 0.25) is 0 Å². The summed E-state index contributed by atoms with van der Waals surface area (Å²) >= 11 is 0. The molecule has 0 amide bonds. The van der Waals surface area contributed by atoms with Gasteiger partial charge in [0.1, 0.15) is 11.6 Å². The summed E-state index contributed by atoms with van der Waals surface area (Å²) in [4.78, 5) is 13.2. The van der Waals surface area contributed by atoms with Crippen molar-refractivity contribution >= 4 is 33.0 Å². The highest BCUT2D eigenvalue weighted by molar-refractivity contribution is 7.90. The van der Waals surface area contributed by atoms with Crippen LogP contribution in [-0.2, 0) is 19.4 Å². The highest BCUT2D eigenvalue weighted by atomic mass is 32.2. The van der Waals surface area contributed by atoms with Gasteiger partial charge in [0.15, 0.2) is 21.3 Å². The van der Waals surface area contributed by atoms with Crippen molar-refractivity contribution in [1.82, 2.24) is 0 Å². The standard InChI is InChI=1S/C27H23FO7S/c1-32-22-14-16(15-23(33-2)26(22)34-3)13-21-24(17-7-11-20(12-8-17)36(4,30)31)25(27(29)35-21)18-5-9-19(28)10-6-18/h5-15H,1-4H3/b21-13-. The molecule has 0 unspecified atom stereocenters. The number of carbonyl (C=O) groups excluding carboxylic acids is 1. The number of sulfone groups is 1. The predicted molar refractivity (Wildman–Crippen MR) is 133 cm³/mol. The molecule has 0 bridgehead atoms. The first-order chi connectivity index (χ1) is 17.2. The minimum atomic E-state index is -3.42. The molecule has 0 aromatic heterocycles. The largest absolute Gasteiger partial charge is 0.493 e. The molecule has 3 aromatic carbocycles. The maximum absolute atomic E-state index is 13.6. The van der Waals surface area contributed by atoms with Crippen LogP contribution in [0.25, 0.3) is 17.2 Å². The number of carbonyl (C=O) groups is 1. The van der Waals surface area contributed by atoms with Crippen LogP contribution >= 0.6 is 0 Å². The van der Waals surface area contributed by atoms with E-state index in [0.717, 1.165) is 6.26 Å². The number of allylic oxidation sites excluding steroid dienone is 1. The quantitative estimate of drug-likeness (QED) is 0.424. The van der Waals surface area contributed by atoms with Crippen LogP contribution in [0.4, 0.5) is 4.39 Å². The summed E-state index contributed by atoms with van der Waals surface area (Å²) in [6.45, 7) is 0. The van der Waals surface area contributed by atoms with Crippen LogP contribution in [0.15, 0.2) is 71.3 Å². The lowest BCUT2D eigenvalue weighted by atomic mass is 9.94. The third-order valence-corrected chi connectivity index (χ3v) is 6.72. The van der Waals surface area contributed by atoms with Gasteiger partial charge in [-0.2, -0.15) is 0 Å². The van der Waals surface area contributed by atoms with E-state index in [1.165, 1.54) is 57.7 Å². The van der Waals surface area contributed by atoms with E-state index in [2.05, 4.69) is 0 Å². The van der Waals surface area contributed by atoms with Crippen molar-refractivity contribution in [3.05, 3.63) is 88.9 Å². The molecule has 0 aliphatic carbocycles. The Morgan fingerprint density at radius 2 is 1.33 bits per heavy atom. The Bertz CT molecular complexity index is 1460. The number of ether oxygens (including phenoxy) is 4. The van der Waals surface area contributed by atoms with E-state index >= 15 is 0 Å². The normalized spacial score (nSPS) is 14.7. The Kier molecular flexibility index (Phi) is 6.85. The van der Waals surface area contributed by atoms with Crippen LogP contribution < -0.4 is 14.2 Å². The van der Waals surface area contributed by atoms with Crippen LogP contribution in [0, 0.1) is 5.82 Å². The van der Waals surface area contributed by atoms with Crippen LogP contribution in [0.3, 0.4) is 0 Å². The molecule has 0 radical (unpaired) electrons. The van der Waals surface area contributed by atoms with Crippen molar-refractivity contribution in [2.24, 2.45) is 0 Å². The Hall–Kier alpha value is -4.11. The summed E-state index contributed by atoms with van der Waals surface area (Å²) in [5.74, 6) is 0.385. The molecular formula is C27H23FO7S. The molecule has 9 heteroatoms. The van der Waals surface area contributed by atoms with Crippen molar-refractivity contribution in [2.75, 3.05) is 27.6 Å². The van der Waals surface area contributed by atoms with Gasteiger partial charge in [0, 0.05) is 11.8 Å². The topological polar surface area (TPSA) is 88.1 Å². The maximum atomic E-state index is 13.6. The second kappa shape index (κ2) is 9.87. The van der Waals surface area contributed by atoms with Gasteiger partial charge in [0.2, 0.25) is 5.75 Å². The molecule has 0 N–H and O–H groups in total. The van der Waals surface area contributed by atoms with Crippen molar-refractivity contribution in [3.63, 3.8) is 0 Å². The number of benzene rings is 3. The fraction of sp³-hybridized carbons (Fsp3) is 0.148. The van der Waals surface area contributed by atoms with Crippen molar-refractivity contribution < 1.29 is 36.6 Å². The zero-order valence-corrected chi connectivity index (χ0v) is 20.8. The average molecular weight is 511 g/mol. The van der Waals surface area contributed by atoms with Gasteiger partial charge in [-0.15, -0.1) is 0 Å². The lowest BCUT2D eigenvalue weighted by Crippen LogP contribution is -1.99. The Balaban J connectivity index is 1.94. The Morgan fingerprint density at radius 1 is 0.806 bits per heavy atom. The molecule has 7 nitrogen and oxygen atoms in total. The Labute approximate surface area is 208 Å². The van der Waals surface area contributed by atoms with E-state index in [1.807, 2.05) is 0 Å². The molecule has 3 aromatic rings. The molecule has 0 atom stereocenters. The van der Waals surface area contributed by atoms with Gasteiger partial charge in [0.25, 0.3) is 0 Å². The second-order valence-corrected chi connectivity index (χ2v) is 9.93. The minimum absolute atomic E-state index is 0.135. The van der Waals surface area contributed by atoms with E-state index in [4.69, 9.17) is 18.9 Å². The van der Waals surface area contributed by atoms with Crippen LogP contribution in [0.1, 0.15) is 16.7 Å². The third-order valence-electron chi connectivity index (χ3n) is 5.59. The minimum Gasteiger partial charge on any atom is -0.493 e. The average Bonchev–Trinajstić information content (AvgIpc) is 3.18. The van der Waals surface area contributed by atoms with Gasteiger partial charge >= 0.3 is 5.97 Å². The van der Waals surface area contributed by atoms with E-state index < -0.39 is 21.6 Å². The summed E-state index contributed by atoms with van der Waals surface area (Å²) in [7, 11) is 1.06. The van der Waals surface area contributed by atoms with E-state index in [1.54, 1.807) is 30.3 Å². The SMILES string of the molecule is COc1cc(/C=C2\OC(=O)C(c3ccc(F)cc3)=C2c2ccc(S(C)(=O)=O)cc2)cc(OC)c1OC. The molecule has 0 saturated heterocycles. The van der Waals surface area contributed by atoms with Gasteiger partial charge in [-0.05, 0) is 59.2 Å². The lowest BCUT2D eigenvalue weighted by Gasteiger charge is -2.13. The number of rotatable bonds is 7. The number of hydrogen-bond acceptors (Lipinski definition) is 7. The highest BCUT2D eigenvalue weighted by Gasteiger charge is 2.32. The van der Waals surface area contributed by atoms with Crippen molar-refractivity contribution in [1.29, 1.82) is 0 Å². The first kappa shape index (κ1) is 25.0. The fourth-order valence-corrected chi connectivity index (χ4v) is 4.53. The molecule has 36 heavy (non-hydrogen) atoms. The molecular weight excluding hydrogens is 487 g/mol. The third kappa shape index (κ3) is 4.83. The number of methoxy groups -OCH3 is 3. The molecule has 4 rings (SSSR count). The van der Waals surface area contributed by atoms with E-state index in [-0.39, 0.29) is 16.2 Å². The number of halogens is 1. The number of cyclic esters (lactones) is 1. The van der Waals surface area contributed by atoms with Gasteiger partial charge in [-0.25, -0.2) is 17.6 Å². The maximum Gasteiger partial charge on any atom is 0.344 e. The summed E-state index contributed by atoms with van der Waals surface area (Å²) < 4.78 is 59.3. The summed E-state index contributed by atoms with van der Waals surface area (Å²) in [6, 6.07) is 15.0. The van der Waals surface area contributed by atoms with Crippen molar-refractivity contribution in [3.8, 4) is 17.2 Å². The van der Waals surface area contributed by atoms with Crippen LogP contribution in [-0.4, -0.2) is 42.0 Å². The lowest BCUT2D eigenvalue weighted by molar-refractivity contribution is -0.131. The molecule has 1 aliphatic rings. The zero-order valence-electron chi connectivity index (χ0n) is 20.0. The van der Waals surface area contributed by atoms with E-state index in [9.17, 15) is 17.6 Å². The fourth-order valence-electron chi connectivity index (χ4n) is 3.90. The Morgan fingerprint density at radius 3 is 1.83 bits per heavy atom. The predicted octanol–water partition coefficient (Wildman–Crippen LogP) is 4.76. The number of hydrogen-bond donors (Lipinski definition) is 0.